The minimum atomic E-state index is -0.297. The van der Waals surface area contributed by atoms with Crippen LogP contribution in [-0.2, 0) is 11.8 Å². The van der Waals surface area contributed by atoms with Crippen LogP contribution in [0, 0.1) is 13.8 Å². The van der Waals surface area contributed by atoms with E-state index in [1.165, 1.54) is 0 Å². The van der Waals surface area contributed by atoms with Crippen molar-refractivity contribution in [2.45, 2.75) is 26.7 Å². The van der Waals surface area contributed by atoms with Gasteiger partial charge in [0.2, 0.25) is 5.91 Å². The first-order chi connectivity index (χ1) is 12.0. The maximum atomic E-state index is 12.2. The lowest BCUT2D eigenvalue weighted by Crippen LogP contribution is -2.24. The van der Waals surface area contributed by atoms with Gasteiger partial charge in [-0.05, 0) is 44.5 Å². The highest BCUT2D eigenvalue weighted by molar-refractivity contribution is 5.98. The summed E-state index contributed by atoms with van der Waals surface area (Å²) in [5, 5.41) is 8.32. The van der Waals surface area contributed by atoms with Crippen molar-refractivity contribution in [3.05, 3.63) is 46.8 Å². The van der Waals surface area contributed by atoms with E-state index in [4.69, 9.17) is 0 Å². The average molecular weight is 339 g/mol. The van der Waals surface area contributed by atoms with Crippen molar-refractivity contribution in [1.82, 2.24) is 15.2 Å². The molecule has 0 aliphatic carbocycles. The lowest BCUT2D eigenvalue weighted by atomic mass is 10.2. The van der Waals surface area contributed by atoms with Gasteiger partial charge in [0.25, 0.3) is 5.91 Å². The summed E-state index contributed by atoms with van der Waals surface area (Å²) in [6.07, 6.45) is 3.07. The molecule has 0 radical (unpaired) electrons. The summed E-state index contributed by atoms with van der Waals surface area (Å²) in [5.74, 6) is -0.168. The summed E-state index contributed by atoms with van der Waals surface area (Å²) in [7, 11) is 1.87. The van der Waals surface area contributed by atoms with E-state index in [1.54, 1.807) is 40.1 Å². The van der Waals surface area contributed by atoms with Crippen molar-refractivity contribution >= 4 is 23.7 Å². The number of rotatable bonds is 4. The molecule has 25 heavy (non-hydrogen) atoms. The molecule has 7 nitrogen and oxygen atoms in total. The third-order valence-electron chi connectivity index (χ3n) is 4.44. The number of carbonyl (C=O) groups excluding carboxylic acids is 2. The van der Waals surface area contributed by atoms with Gasteiger partial charge in [0, 0.05) is 42.5 Å². The summed E-state index contributed by atoms with van der Waals surface area (Å²) in [6, 6.07) is 6.98. The lowest BCUT2D eigenvalue weighted by Gasteiger charge is -2.15. The number of hydrogen-bond acceptors (Lipinski definition) is 4. The highest BCUT2D eigenvalue weighted by atomic mass is 16.2. The third kappa shape index (κ3) is 3.45. The lowest BCUT2D eigenvalue weighted by molar-refractivity contribution is -0.117. The maximum Gasteiger partial charge on any atom is 0.271 e. The summed E-state index contributed by atoms with van der Waals surface area (Å²) in [5.41, 5.74) is 6.57. The molecule has 3 rings (SSSR count). The van der Waals surface area contributed by atoms with Crippen LogP contribution in [0.25, 0.3) is 0 Å². The van der Waals surface area contributed by atoms with E-state index in [-0.39, 0.29) is 11.8 Å². The number of aromatic nitrogens is 2. The Hall–Kier alpha value is -2.96. The van der Waals surface area contributed by atoms with Crippen LogP contribution in [0.4, 0.5) is 5.69 Å². The van der Waals surface area contributed by atoms with Gasteiger partial charge in [0.1, 0.15) is 0 Å². The predicted octanol–water partition coefficient (Wildman–Crippen LogP) is 1.93. The number of nitrogens with zero attached hydrogens (tertiary/aromatic N) is 4. The van der Waals surface area contributed by atoms with Crippen LogP contribution in [0.3, 0.4) is 0 Å². The summed E-state index contributed by atoms with van der Waals surface area (Å²) < 4.78 is 1.77. The van der Waals surface area contributed by atoms with Crippen LogP contribution in [0.2, 0.25) is 0 Å². The smallest absolute Gasteiger partial charge is 0.271 e. The zero-order chi connectivity index (χ0) is 18.0. The normalized spacial score (nSPS) is 14.5. The number of aryl methyl sites for hydroxylation is 2. The number of carbonyl (C=O) groups is 2. The number of hydrogen-bond donors (Lipinski definition) is 1. The summed E-state index contributed by atoms with van der Waals surface area (Å²) >= 11 is 0. The Morgan fingerprint density at radius 3 is 2.56 bits per heavy atom. The minimum absolute atomic E-state index is 0.129. The predicted molar refractivity (Wildman–Crippen MR) is 95.8 cm³/mol. The number of anilines is 1. The van der Waals surface area contributed by atoms with E-state index in [9.17, 15) is 9.59 Å². The Morgan fingerprint density at radius 2 is 2.00 bits per heavy atom. The van der Waals surface area contributed by atoms with Crippen molar-refractivity contribution in [1.29, 1.82) is 0 Å². The van der Waals surface area contributed by atoms with Crippen molar-refractivity contribution < 1.29 is 9.59 Å². The van der Waals surface area contributed by atoms with Gasteiger partial charge in [0.15, 0.2) is 0 Å². The van der Waals surface area contributed by atoms with E-state index < -0.39 is 0 Å². The van der Waals surface area contributed by atoms with Gasteiger partial charge in [-0.3, -0.25) is 14.3 Å². The number of benzene rings is 1. The van der Waals surface area contributed by atoms with Crippen LogP contribution >= 0.6 is 0 Å². The van der Waals surface area contributed by atoms with Crippen molar-refractivity contribution in [2.24, 2.45) is 12.1 Å². The van der Waals surface area contributed by atoms with Crippen LogP contribution in [0.15, 0.2) is 29.4 Å². The highest BCUT2D eigenvalue weighted by Crippen LogP contribution is 2.21. The Bertz CT molecular complexity index is 836. The fourth-order valence-corrected chi connectivity index (χ4v) is 2.91. The van der Waals surface area contributed by atoms with Gasteiger partial charge in [-0.2, -0.15) is 10.2 Å². The summed E-state index contributed by atoms with van der Waals surface area (Å²) in [4.78, 5) is 25.7. The van der Waals surface area contributed by atoms with Crippen LogP contribution < -0.4 is 10.3 Å². The molecule has 1 aromatic heterocycles. The van der Waals surface area contributed by atoms with Crippen molar-refractivity contribution in [3.8, 4) is 0 Å². The fourth-order valence-electron chi connectivity index (χ4n) is 2.91. The Balaban J connectivity index is 1.65. The van der Waals surface area contributed by atoms with Gasteiger partial charge in [0.05, 0.1) is 11.9 Å². The minimum Gasteiger partial charge on any atom is -0.312 e. The molecule has 1 aromatic carbocycles. The molecule has 0 saturated carbocycles. The van der Waals surface area contributed by atoms with Crippen LogP contribution in [-0.4, -0.2) is 34.4 Å². The van der Waals surface area contributed by atoms with E-state index >= 15 is 0 Å². The van der Waals surface area contributed by atoms with E-state index in [0.29, 0.717) is 12.0 Å². The Kier molecular flexibility index (Phi) is 4.65. The standard InChI is InChI=1S/C18H21N5O2/c1-12-16(13(2)22(3)21-12)11-19-20-18(25)14-6-8-15(9-7-14)23-10-4-5-17(23)24/h6-9,11H,4-5,10H2,1-3H3,(H,20,25)/b19-11+. The molecule has 7 heteroatoms. The first-order valence-corrected chi connectivity index (χ1v) is 8.21. The van der Waals surface area contributed by atoms with Gasteiger partial charge < -0.3 is 4.90 Å². The second-order valence-electron chi connectivity index (χ2n) is 6.10. The second kappa shape index (κ2) is 6.88. The number of hydrazone groups is 1. The van der Waals surface area contributed by atoms with E-state index in [2.05, 4.69) is 15.6 Å². The molecule has 0 bridgehead atoms. The third-order valence-corrected chi connectivity index (χ3v) is 4.44. The van der Waals surface area contributed by atoms with E-state index in [0.717, 1.165) is 35.6 Å². The van der Waals surface area contributed by atoms with E-state index in [1.807, 2.05) is 20.9 Å². The molecule has 130 valence electrons. The highest BCUT2D eigenvalue weighted by Gasteiger charge is 2.21. The molecule has 0 spiro atoms. The average Bonchev–Trinajstić information content (AvgIpc) is 3.13. The molecular weight excluding hydrogens is 318 g/mol. The molecule has 0 atom stereocenters. The summed E-state index contributed by atoms with van der Waals surface area (Å²) in [6.45, 7) is 4.58. The molecule has 1 saturated heterocycles. The van der Waals surface area contributed by atoms with Gasteiger partial charge >= 0.3 is 0 Å². The molecule has 2 heterocycles. The quantitative estimate of drug-likeness (QED) is 0.683. The molecule has 1 N–H and O–H groups in total. The molecule has 2 aromatic rings. The fraction of sp³-hybridized carbons (Fsp3) is 0.333. The first kappa shape index (κ1) is 16.9. The molecule has 1 aliphatic rings. The molecular formula is C18H21N5O2. The number of amides is 2. The molecule has 1 fully saturated rings. The van der Waals surface area contributed by atoms with Gasteiger partial charge in [-0.15, -0.1) is 0 Å². The number of nitrogens with one attached hydrogen (secondary N) is 1. The zero-order valence-corrected chi connectivity index (χ0v) is 14.6. The van der Waals surface area contributed by atoms with Crippen molar-refractivity contribution in [3.63, 3.8) is 0 Å². The van der Waals surface area contributed by atoms with Crippen molar-refractivity contribution in [2.75, 3.05) is 11.4 Å². The largest absolute Gasteiger partial charge is 0.312 e. The van der Waals surface area contributed by atoms with Gasteiger partial charge in [-0.1, -0.05) is 0 Å². The Labute approximate surface area is 146 Å². The molecule has 0 unspecified atom stereocenters. The SMILES string of the molecule is Cc1nn(C)c(C)c1/C=N/NC(=O)c1ccc(N2CCCC2=O)cc1. The van der Waals surface area contributed by atoms with Crippen LogP contribution in [0.1, 0.15) is 40.2 Å². The van der Waals surface area contributed by atoms with Crippen LogP contribution in [0.5, 0.6) is 0 Å². The van der Waals surface area contributed by atoms with Gasteiger partial charge in [-0.25, -0.2) is 5.43 Å². The molecule has 2 amide bonds. The maximum absolute atomic E-state index is 12.2. The molecule has 1 aliphatic heterocycles. The zero-order valence-electron chi connectivity index (χ0n) is 14.6. The Morgan fingerprint density at radius 1 is 1.28 bits per heavy atom. The second-order valence-corrected chi connectivity index (χ2v) is 6.10. The first-order valence-electron chi connectivity index (χ1n) is 8.21. The topological polar surface area (TPSA) is 79.6 Å². The monoisotopic (exact) mass is 339 g/mol.